The zero-order chi connectivity index (χ0) is 20.7. The third-order valence-corrected chi connectivity index (χ3v) is 5.80. The molecule has 0 unspecified atom stereocenters. The molecule has 28 heavy (non-hydrogen) atoms. The summed E-state index contributed by atoms with van der Waals surface area (Å²) in [5.74, 6) is -0.273. The van der Waals surface area contributed by atoms with E-state index in [0.29, 0.717) is 29.1 Å². The molecule has 11 heteroatoms. The maximum Gasteiger partial charge on any atom is 0.516 e. The van der Waals surface area contributed by atoms with E-state index in [0.717, 1.165) is 5.56 Å². The Morgan fingerprint density at radius 2 is 1.75 bits per heavy atom. The van der Waals surface area contributed by atoms with Gasteiger partial charge in [0, 0.05) is 23.8 Å². The summed E-state index contributed by atoms with van der Waals surface area (Å²) in [6, 6.07) is 8.48. The molecule has 2 aromatic rings. The molecule has 0 radical (unpaired) electrons. The van der Waals surface area contributed by atoms with Crippen molar-refractivity contribution in [3.8, 4) is 0 Å². The molecular weight excluding hydrogens is 440 g/mol. The molecule has 1 amide bonds. The molecular formula is C17H13Cl2F3N2O3S. The van der Waals surface area contributed by atoms with Crippen LogP contribution in [-0.2, 0) is 23.0 Å². The number of alkyl halides is 3. The number of halogens is 5. The lowest BCUT2D eigenvalue weighted by molar-refractivity contribution is -0.0429. The zero-order valence-corrected chi connectivity index (χ0v) is 16.4. The van der Waals surface area contributed by atoms with Crippen molar-refractivity contribution in [2.75, 3.05) is 11.3 Å². The number of carbonyl (C=O) groups excluding carboxylic acids is 1. The van der Waals surface area contributed by atoms with Crippen LogP contribution in [0, 0.1) is 0 Å². The van der Waals surface area contributed by atoms with E-state index in [1.807, 2.05) is 0 Å². The summed E-state index contributed by atoms with van der Waals surface area (Å²) in [5, 5.41) is 0.705. The van der Waals surface area contributed by atoms with Gasteiger partial charge in [0.2, 0.25) is 0 Å². The van der Waals surface area contributed by atoms with Gasteiger partial charge in [0.15, 0.2) is 0 Å². The fourth-order valence-corrected chi connectivity index (χ4v) is 4.02. The monoisotopic (exact) mass is 452 g/mol. The average Bonchev–Trinajstić information content (AvgIpc) is 2.57. The Bertz CT molecular complexity index is 1030. The summed E-state index contributed by atoms with van der Waals surface area (Å²) in [5.41, 5.74) is -3.87. The van der Waals surface area contributed by atoms with Crippen LogP contribution in [-0.4, -0.2) is 31.3 Å². The van der Waals surface area contributed by atoms with E-state index >= 15 is 0 Å². The number of fused-ring (bicyclic) bond motifs is 1. The first kappa shape index (κ1) is 20.8. The van der Waals surface area contributed by atoms with Gasteiger partial charge in [-0.2, -0.15) is 21.6 Å². The summed E-state index contributed by atoms with van der Waals surface area (Å²) in [6.07, 6.45) is 0.560. The lowest BCUT2D eigenvalue weighted by Crippen LogP contribution is -2.37. The maximum atomic E-state index is 12.7. The number of hydrogen-bond donors (Lipinski definition) is 1. The highest BCUT2D eigenvalue weighted by Crippen LogP contribution is 2.31. The number of rotatable bonds is 4. The largest absolute Gasteiger partial charge is 0.516 e. The van der Waals surface area contributed by atoms with Crippen molar-refractivity contribution in [1.82, 2.24) is 4.90 Å². The van der Waals surface area contributed by atoms with Gasteiger partial charge in [0.1, 0.15) is 0 Å². The standard InChI is InChI=1S/C17H13Cl2F3N2O3S/c18-12-7-11-5-6-24(16(25)15(11)14(19)8-12)9-10-1-3-13(4-2-10)23-28(26,27)17(20,21)22/h1-4,7-8,23H,5-6,9H2. The number of nitrogens with zero attached hydrogens (tertiary/aromatic N) is 1. The predicted molar refractivity (Wildman–Crippen MR) is 99.9 cm³/mol. The summed E-state index contributed by atoms with van der Waals surface area (Å²) >= 11 is 12.1. The van der Waals surface area contributed by atoms with Crippen LogP contribution in [0.4, 0.5) is 18.9 Å². The van der Waals surface area contributed by atoms with Crippen molar-refractivity contribution in [3.63, 3.8) is 0 Å². The normalized spacial score (nSPS) is 14.8. The average molecular weight is 453 g/mol. The summed E-state index contributed by atoms with van der Waals surface area (Å²) < 4.78 is 61.0. The van der Waals surface area contributed by atoms with Crippen LogP contribution in [0.15, 0.2) is 36.4 Å². The molecule has 0 aromatic heterocycles. The summed E-state index contributed by atoms with van der Waals surface area (Å²) in [7, 11) is -5.48. The van der Waals surface area contributed by atoms with E-state index in [-0.39, 0.29) is 23.2 Å². The first-order valence-corrected chi connectivity index (χ1v) is 10.2. The van der Waals surface area contributed by atoms with Crippen molar-refractivity contribution in [1.29, 1.82) is 0 Å². The third kappa shape index (κ3) is 4.21. The Morgan fingerprint density at radius 1 is 1.11 bits per heavy atom. The van der Waals surface area contributed by atoms with Gasteiger partial charge in [-0.25, -0.2) is 0 Å². The Hall–Kier alpha value is -1.97. The highest BCUT2D eigenvalue weighted by molar-refractivity contribution is 7.93. The zero-order valence-electron chi connectivity index (χ0n) is 14.1. The SMILES string of the molecule is O=C1c2c(Cl)cc(Cl)cc2CCN1Cc1ccc(NS(=O)(=O)C(F)(F)F)cc1. The van der Waals surface area contributed by atoms with E-state index in [4.69, 9.17) is 23.2 Å². The van der Waals surface area contributed by atoms with E-state index < -0.39 is 15.5 Å². The number of carbonyl (C=O) groups is 1. The number of anilines is 1. The molecule has 1 aliphatic rings. The van der Waals surface area contributed by atoms with Gasteiger partial charge in [-0.05, 0) is 41.8 Å². The Labute approximate surface area is 169 Å². The minimum atomic E-state index is -5.48. The maximum absolute atomic E-state index is 12.7. The number of hydrogen-bond acceptors (Lipinski definition) is 3. The second-order valence-corrected chi connectivity index (χ2v) is 8.66. The molecule has 0 atom stereocenters. The fourth-order valence-electron chi connectivity index (χ4n) is 2.84. The Kier molecular flexibility index (Phi) is 5.53. The van der Waals surface area contributed by atoms with Gasteiger partial charge in [0.25, 0.3) is 5.91 Å². The molecule has 1 aliphatic heterocycles. The number of amides is 1. The molecule has 2 aromatic carbocycles. The molecule has 0 fully saturated rings. The smallest absolute Gasteiger partial charge is 0.334 e. The lowest BCUT2D eigenvalue weighted by Gasteiger charge is -2.29. The van der Waals surface area contributed by atoms with Crippen LogP contribution in [0.5, 0.6) is 0 Å². The van der Waals surface area contributed by atoms with Crippen LogP contribution >= 0.6 is 23.2 Å². The van der Waals surface area contributed by atoms with Crippen LogP contribution < -0.4 is 4.72 Å². The van der Waals surface area contributed by atoms with Gasteiger partial charge < -0.3 is 4.90 Å². The molecule has 0 spiro atoms. The van der Waals surface area contributed by atoms with Crippen molar-refractivity contribution >= 4 is 44.8 Å². The molecule has 150 valence electrons. The summed E-state index contributed by atoms with van der Waals surface area (Å²) in [6.45, 7) is 0.620. The second-order valence-electron chi connectivity index (χ2n) is 6.15. The van der Waals surface area contributed by atoms with Gasteiger partial charge in [0.05, 0.1) is 10.6 Å². The van der Waals surface area contributed by atoms with Gasteiger partial charge in [-0.3, -0.25) is 9.52 Å². The Morgan fingerprint density at radius 3 is 2.36 bits per heavy atom. The highest BCUT2D eigenvalue weighted by atomic mass is 35.5. The summed E-state index contributed by atoms with van der Waals surface area (Å²) in [4.78, 5) is 14.3. The van der Waals surface area contributed by atoms with Crippen LogP contribution in [0.2, 0.25) is 10.0 Å². The second kappa shape index (κ2) is 7.46. The van der Waals surface area contributed by atoms with E-state index in [2.05, 4.69) is 0 Å². The molecule has 1 N–H and O–H groups in total. The topological polar surface area (TPSA) is 66.5 Å². The number of sulfonamides is 1. The first-order chi connectivity index (χ1) is 13.0. The van der Waals surface area contributed by atoms with E-state index in [1.54, 1.807) is 11.0 Å². The van der Waals surface area contributed by atoms with Crippen molar-refractivity contribution in [3.05, 3.63) is 63.1 Å². The molecule has 0 aliphatic carbocycles. The van der Waals surface area contributed by atoms with E-state index in [1.165, 1.54) is 35.1 Å². The lowest BCUT2D eigenvalue weighted by atomic mass is 9.98. The van der Waals surface area contributed by atoms with Gasteiger partial charge in [-0.15, -0.1) is 0 Å². The molecule has 5 nitrogen and oxygen atoms in total. The van der Waals surface area contributed by atoms with Crippen LogP contribution in [0.25, 0.3) is 0 Å². The van der Waals surface area contributed by atoms with E-state index in [9.17, 15) is 26.4 Å². The molecule has 0 saturated heterocycles. The molecule has 3 rings (SSSR count). The van der Waals surface area contributed by atoms with Crippen LogP contribution in [0.1, 0.15) is 21.5 Å². The fraction of sp³-hybridized carbons (Fsp3) is 0.235. The minimum absolute atomic E-state index is 0.198. The third-order valence-electron chi connectivity index (χ3n) is 4.17. The van der Waals surface area contributed by atoms with Gasteiger partial charge in [-0.1, -0.05) is 35.3 Å². The number of benzene rings is 2. The van der Waals surface area contributed by atoms with Gasteiger partial charge >= 0.3 is 15.5 Å². The minimum Gasteiger partial charge on any atom is -0.334 e. The van der Waals surface area contributed by atoms with Crippen molar-refractivity contribution in [2.24, 2.45) is 0 Å². The van der Waals surface area contributed by atoms with Crippen molar-refractivity contribution in [2.45, 2.75) is 18.5 Å². The first-order valence-electron chi connectivity index (χ1n) is 7.93. The quantitative estimate of drug-likeness (QED) is 0.744. The number of nitrogens with one attached hydrogen (secondary N) is 1. The molecule has 0 bridgehead atoms. The van der Waals surface area contributed by atoms with Crippen LogP contribution in [0.3, 0.4) is 0 Å². The molecule has 0 saturated carbocycles. The molecule has 1 heterocycles. The van der Waals surface area contributed by atoms with Crippen molar-refractivity contribution < 1.29 is 26.4 Å². The predicted octanol–water partition coefficient (Wildman–Crippen LogP) is 4.45. The highest BCUT2D eigenvalue weighted by Gasteiger charge is 2.46. The Balaban J connectivity index is 1.74.